The molecule has 0 amide bonds. The van der Waals surface area contributed by atoms with Crippen LogP contribution >= 0.6 is 11.3 Å². The summed E-state index contributed by atoms with van der Waals surface area (Å²) in [7, 11) is 0. The molecule has 2 atom stereocenters. The van der Waals surface area contributed by atoms with Gasteiger partial charge in [-0.25, -0.2) is 4.98 Å². The summed E-state index contributed by atoms with van der Waals surface area (Å²) in [6, 6.07) is 9.19. The minimum Gasteiger partial charge on any atom is -0.768 e. The standard InChI is InChI=1S/C22H28N2O3S2/c1-13(2)15(5)22-23-18(14(3)4)11-24(22)21-9-8-19(28-21)16-6-7-17(12-25)20(10-16)29(26)27/h6-11,13-15,25H,12H2,1-5H3,(H,26,27)/p-1. The lowest BCUT2D eigenvalue weighted by Gasteiger charge is -2.16. The minimum atomic E-state index is -2.39. The van der Waals surface area contributed by atoms with Crippen molar-refractivity contribution in [3.05, 3.63) is 53.6 Å². The fraction of sp³-hybridized carbons (Fsp3) is 0.409. The molecule has 1 aromatic carbocycles. The molecule has 2 unspecified atom stereocenters. The Bertz CT molecular complexity index is 1020. The third-order valence-corrected chi connectivity index (χ3v) is 7.15. The Balaban J connectivity index is 2.05. The molecule has 0 saturated carbocycles. The summed E-state index contributed by atoms with van der Waals surface area (Å²) in [5.74, 6) is 2.17. The maximum Gasteiger partial charge on any atom is 0.117 e. The van der Waals surface area contributed by atoms with E-state index in [-0.39, 0.29) is 11.5 Å². The molecule has 2 aromatic heterocycles. The fourth-order valence-corrected chi connectivity index (χ4v) is 4.65. The first-order chi connectivity index (χ1) is 13.7. The lowest BCUT2D eigenvalue weighted by Crippen LogP contribution is -2.09. The van der Waals surface area contributed by atoms with Gasteiger partial charge in [-0.3, -0.25) is 8.78 Å². The van der Waals surface area contributed by atoms with E-state index < -0.39 is 11.1 Å². The van der Waals surface area contributed by atoms with Crippen molar-refractivity contribution >= 4 is 22.4 Å². The van der Waals surface area contributed by atoms with Crippen LogP contribution in [-0.2, 0) is 17.7 Å². The third kappa shape index (κ3) is 4.53. The number of imidazole rings is 1. The van der Waals surface area contributed by atoms with Crippen LogP contribution in [0, 0.1) is 5.92 Å². The fourth-order valence-electron chi connectivity index (χ4n) is 3.09. The highest BCUT2D eigenvalue weighted by Crippen LogP contribution is 2.35. The molecular weight excluding hydrogens is 404 g/mol. The highest BCUT2D eigenvalue weighted by atomic mass is 32.2. The Labute approximate surface area is 178 Å². The van der Waals surface area contributed by atoms with Crippen LogP contribution in [0.2, 0.25) is 0 Å². The lowest BCUT2D eigenvalue weighted by molar-refractivity contribution is 0.278. The largest absolute Gasteiger partial charge is 0.768 e. The summed E-state index contributed by atoms with van der Waals surface area (Å²) in [5, 5.41) is 10.4. The third-order valence-electron chi connectivity index (χ3n) is 5.28. The van der Waals surface area contributed by atoms with E-state index >= 15 is 0 Å². The van der Waals surface area contributed by atoms with E-state index in [1.54, 1.807) is 23.5 Å². The van der Waals surface area contributed by atoms with Gasteiger partial charge >= 0.3 is 0 Å². The van der Waals surface area contributed by atoms with Gasteiger partial charge in [0.25, 0.3) is 0 Å². The van der Waals surface area contributed by atoms with Gasteiger partial charge in [-0.15, -0.1) is 11.3 Å². The Hall–Kier alpha value is -1.80. The maximum absolute atomic E-state index is 11.5. The van der Waals surface area contributed by atoms with Crippen molar-refractivity contribution in [2.45, 2.75) is 58.0 Å². The van der Waals surface area contributed by atoms with Crippen LogP contribution < -0.4 is 0 Å². The molecule has 0 saturated heterocycles. The zero-order valence-electron chi connectivity index (χ0n) is 17.4. The molecule has 3 rings (SSSR count). The van der Waals surface area contributed by atoms with Gasteiger partial charge in [0.15, 0.2) is 0 Å². The summed E-state index contributed by atoms with van der Waals surface area (Å²) < 4.78 is 25.2. The first kappa shape index (κ1) is 21.9. The van der Waals surface area contributed by atoms with E-state index in [1.807, 2.05) is 12.1 Å². The Morgan fingerprint density at radius 2 is 1.90 bits per heavy atom. The van der Waals surface area contributed by atoms with Crippen LogP contribution in [0.3, 0.4) is 0 Å². The van der Waals surface area contributed by atoms with E-state index in [0.29, 0.717) is 23.3 Å². The number of thiophene rings is 1. The molecule has 0 fully saturated rings. The highest BCUT2D eigenvalue weighted by Gasteiger charge is 2.21. The van der Waals surface area contributed by atoms with E-state index in [1.165, 1.54) is 0 Å². The molecule has 5 nitrogen and oxygen atoms in total. The number of nitrogens with zero attached hydrogens (tertiary/aromatic N) is 2. The van der Waals surface area contributed by atoms with Gasteiger partial charge in [0.2, 0.25) is 0 Å². The Morgan fingerprint density at radius 1 is 1.17 bits per heavy atom. The zero-order valence-corrected chi connectivity index (χ0v) is 19.0. The molecule has 29 heavy (non-hydrogen) atoms. The second kappa shape index (κ2) is 8.92. The van der Waals surface area contributed by atoms with Crippen LogP contribution in [-0.4, -0.2) is 23.4 Å². The van der Waals surface area contributed by atoms with Gasteiger partial charge in [0, 0.05) is 21.9 Å². The molecular formula is C22H27N2O3S2-. The van der Waals surface area contributed by atoms with Gasteiger partial charge < -0.3 is 9.66 Å². The van der Waals surface area contributed by atoms with Crippen LogP contribution in [0.5, 0.6) is 0 Å². The van der Waals surface area contributed by atoms with Crippen LogP contribution in [0.4, 0.5) is 0 Å². The second-order valence-corrected chi connectivity index (χ2v) is 9.91. The predicted octanol–water partition coefficient (Wildman–Crippen LogP) is 5.21. The molecule has 2 heterocycles. The summed E-state index contributed by atoms with van der Waals surface area (Å²) in [6.45, 7) is 10.6. The molecule has 0 aliphatic carbocycles. The number of aliphatic hydroxyl groups is 1. The number of aliphatic hydroxyl groups excluding tert-OH is 1. The molecule has 0 radical (unpaired) electrons. The second-order valence-electron chi connectivity index (χ2n) is 7.93. The quantitative estimate of drug-likeness (QED) is 0.521. The zero-order chi connectivity index (χ0) is 21.3. The summed E-state index contributed by atoms with van der Waals surface area (Å²) in [4.78, 5) is 6.02. The van der Waals surface area contributed by atoms with E-state index in [4.69, 9.17) is 4.98 Å². The number of aromatic nitrogens is 2. The van der Waals surface area contributed by atoms with Crippen molar-refractivity contribution in [3.63, 3.8) is 0 Å². The van der Waals surface area contributed by atoms with Crippen LogP contribution in [0.25, 0.3) is 15.4 Å². The van der Waals surface area contributed by atoms with Gasteiger partial charge in [0.1, 0.15) is 10.8 Å². The van der Waals surface area contributed by atoms with Gasteiger partial charge in [-0.1, -0.05) is 46.8 Å². The SMILES string of the molecule is CC(C)c1cn(-c2ccc(-c3ccc(CO)c(S(=O)[O-])c3)s2)c(C(C)C(C)C)n1. The number of rotatable bonds is 7. The van der Waals surface area contributed by atoms with Crippen molar-refractivity contribution in [3.8, 4) is 15.4 Å². The molecule has 3 aromatic rings. The lowest BCUT2D eigenvalue weighted by atomic mass is 9.97. The van der Waals surface area contributed by atoms with Crippen LogP contribution in [0.1, 0.15) is 63.5 Å². The monoisotopic (exact) mass is 431 g/mol. The minimum absolute atomic E-state index is 0.138. The number of hydrogen-bond acceptors (Lipinski definition) is 5. The number of benzene rings is 1. The molecule has 156 valence electrons. The molecule has 0 aliphatic rings. The Kier molecular flexibility index (Phi) is 6.73. The average molecular weight is 432 g/mol. The normalized spacial score (nSPS) is 14.0. The topological polar surface area (TPSA) is 78.2 Å². The summed E-state index contributed by atoms with van der Waals surface area (Å²) in [5.41, 5.74) is 2.29. The van der Waals surface area contributed by atoms with Crippen molar-refractivity contribution in [1.82, 2.24) is 9.55 Å². The van der Waals surface area contributed by atoms with E-state index in [0.717, 1.165) is 27.0 Å². The van der Waals surface area contributed by atoms with Gasteiger partial charge in [0.05, 0.1) is 12.3 Å². The first-order valence-electron chi connectivity index (χ1n) is 9.75. The average Bonchev–Trinajstić information content (AvgIpc) is 3.33. The Morgan fingerprint density at radius 3 is 2.48 bits per heavy atom. The predicted molar refractivity (Wildman–Crippen MR) is 117 cm³/mol. The molecule has 0 bridgehead atoms. The van der Waals surface area contributed by atoms with E-state index in [9.17, 15) is 13.9 Å². The molecule has 7 heteroatoms. The van der Waals surface area contributed by atoms with Crippen molar-refractivity contribution in [2.24, 2.45) is 5.92 Å². The molecule has 1 N–H and O–H groups in total. The summed E-state index contributed by atoms with van der Waals surface area (Å²) >= 11 is -0.791. The van der Waals surface area contributed by atoms with Gasteiger partial charge in [-0.05, 0) is 52.2 Å². The maximum atomic E-state index is 11.5. The highest BCUT2D eigenvalue weighted by molar-refractivity contribution is 7.79. The van der Waals surface area contributed by atoms with Crippen molar-refractivity contribution < 1.29 is 13.9 Å². The molecule has 0 aliphatic heterocycles. The summed E-state index contributed by atoms with van der Waals surface area (Å²) in [6.07, 6.45) is 2.11. The first-order valence-corrected chi connectivity index (χ1v) is 11.6. The van der Waals surface area contributed by atoms with Crippen LogP contribution in [0.15, 0.2) is 41.4 Å². The van der Waals surface area contributed by atoms with Crippen molar-refractivity contribution in [1.29, 1.82) is 0 Å². The smallest absolute Gasteiger partial charge is 0.117 e. The van der Waals surface area contributed by atoms with Crippen molar-refractivity contribution in [2.75, 3.05) is 0 Å². The molecule has 0 spiro atoms. The van der Waals surface area contributed by atoms with E-state index in [2.05, 4.69) is 51.4 Å². The number of hydrogen-bond donors (Lipinski definition) is 1. The van der Waals surface area contributed by atoms with Gasteiger partial charge in [-0.2, -0.15) is 0 Å².